The van der Waals surface area contributed by atoms with E-state index in [2.05, 4.69) is 71.7 Å². The standard InChI is InChI=1S/C17H19N5S/c1-20-16(14-7-12-23-13-14)18-19-17(20)22-10-8-21(9-11-22)15-5-3-2-4-6-15/h2-7,12-13H,8-11H2,1H3. The summed E-state index contributed by atoms with van der Waals surface area (Å²) in [6.07, 6.45) is 0. The lowest BCUT2D eigenvalue weighted by atomic mass is 10.2. The number of benzene rings is 1. The van der Waals surface area contributed by atoms with E-state index in [-0.39, 0.29) is 0 Å². The number of hydrogen-bond acceptors (Lipinski definition) is 5. The Hall–Kier alpha value is -2.34. The summed E-state index contributed by atoms with van der Waals surface area (Å²) in [7, 11) is 2.05. The van der Waals surface area contributed by atoms with Crippen molar-refractivity contribution in [2.24, 2.45) is 7.05 Å². The van der Waals surface area contributed by atoms with Crippen LogP contribution in [-0.2, 0) is 7.05 Å². The molecule has 4 rings (SSSR count). The van der Waals surface area contributed by atoms with E-state index in [0.29, 0.717) is 0 Å². The lowest BCUT2D eigenvalue weighted by Gasteiger charge is -2.36. The lowest BCUT2D eigenvalue weighted by molar-refractivity contribution is 0.630. The van der Waals surface area contributed by atoms with Crippen molar-refractivity contribution in [2.75, 3.05) is 36.0 Å². The van der Waals surface area contributed by atoms with Gasteiger partial charge in [0.1, 0.15) is 0 Å². The maximum Gasteiger partial charge on any atom is 0.227 e. The second-order valence-corrected chi connectivity index (χ2v) is 6.48. The number of piperazine rings is 1. The molecule has 6 heteroatoms. The van der Waals surface area contributed by atoms with Crippen molar-refractivity contribution in [1.29, 1.82) is 0 Å². The van der Waals surface area contributed by atoms with Gasteiger partial charge in [-0.1, -0.05) is 18.2 Å². The fraction of sp³-hybridized carbons (Fsp3) is 0.294. The Kier molecular flexibility index (Phi) is 3.75. The maximum absolute atomic E-state index is 4.42. The van der Waals surface area contributed by atoms with E-state index >= 15 is 0 Å². The summed E-state index contributed by atoms with van der Waals surface area (Å²) >= 11 is 1.68. The minimum atomic E-state index is 0.937. The van der Waals surface area contributed by atoms with Gasteiger partial charge in [0.05, 0.1) is 0 Å². The van der Waals surface area contributed by atoms with Crippen molar-refractivity contribution >= 4 is 23.0 Å². The molecule has 0 aliphatic carbocycles. The normalized spacial score (nSPS) is 15.2. The van der Waals surface area contributed by atoms with Crippen LogP contribution in [0.4, 0.5) is 11.6 Å². The molecule has 5 nitrogen and oxygen atoms in total. The number of thiophene rings is 1. The first-order valence-electron chi connectivity index (χ1n) is 7.80. The van der Waals surface area contributed by atoms with Gasteiger partial charge in [-0.15, -0.1) is 10.2 Å². The van der Waals surface area contributed by atoms with E-state index < -0.39 is 0 Å². The number of aromatic nitrogens is 3. The first-order chi connectivity index (χ1) is 11.3. The molecule has 0 amide bonds. The highest BCUT2D eigenvalue weighted by molar-refractivity contribution is 7.08. The minimum absolute atomic E-state index is 0.937. The summed E-state index contributed by atoms with van der Waals surface area (Å²) in [4.78, 5) is 4.75. The molecule has 0 radical (unpaired) electrons. The van der Waals surface area contributed by atoms with E-state index in [1.165, 1.54) is 5.69 Å². The van der Waals surface area contributed by atoms with E-state index in [1.54, 1.807) is 11.3 Å². The third kappa shape index (κ3) is 2.70. The van der Waals surface area contributed by atoms with Crippen LogP contribution >= 0.6 is 11.3 Å². The summed E-state index contributed by atoms with van der Waals surface area (Å²) in [6, 6.07) is 12.7. The first-order valence-corrected chi connectivity index (χ1v) is 8.74. The van der Waals surface area contributed by atoms with Gasteiger partial charge in [-0.25, -0.2) is 0 Å². The van der Waals surface area contributed by atoms with Gasteiger partial charge < -0.3 is 9.80 Å². The van der Waals surface area contributed by atoms with Gasteiger partial charge in [0.25, 0.3) is 0 Å². The van der Waals surface area contributed by atoms with Crippen molar-refractivity contribution < 1.29 is 0 Å². The molecule has 0 spiro atoms. The van der Waals surface area contributed by atoms with Gasteiger partial charge in [-0.3, -0.25) is 4.57 Å². The Bertz CT molecular complexity index is 758. The van der Waals surface area contributed by atoms with Gasteiger partial charge in [-0.2, -0.15) is 11.3 Å². The van der Waals surface area contributed by atoms with E-state index in [1.807, 2.05) is 7.05 Å². The van der Waals surface area contributed by atoms with Crippen LogP contribution in [0, 0.1) is 0 Å². The SMILES string of the molecule is Cn1c(-c2ccsc2)nnc1N1CCN(c2ccccc2)CC1. The highest BCUT2D eigenvalue weighted by Gasteiger charge is 2.22. The van der Waals surface area contributed by atoms with Gasteiger partial charge in [-0.05, 0) is 23.6 Å². The maximum atomic E-state index is 4.42. The molecule has 1 aliphatic rings. The van der Waals surface area contributed by atoms with Gasteiger partial charge in [0.15, 0.2) is 5.82 Å². The number of hydrogen-bond donors (Lipinski definition) is 0. The Morgan fingerprint density at radius 2 is 1.65 bits per heavy atom. The highest BCUT2D eigenvalue weighted by atomic mass is 32.1. The van der Waals surface area contributed by atoms with E-state index in [0.717, 1.165) is 43.5 Å². The number of anilines is 2. The quantitative estimate of drug-likeness (QED) is 0.742. The zero-order chi connectivity index (χ0) is 15.6. The first kappa shape index (κ1) is 14.3. The second kappa shape index (κ2) is 6.04. The fourth-order valence-corrected chi connectivity index (χ4v) is 3.68. The third-order valence-electron chi connectivity index (χ3n) is 4.32. The zero-order valence-corrected chi connectivity index (χ0v) is 13.9. The van der Waals surface area contributed by atoms with Crippen molar-refractivity contribution in [3.8, 4) is 11.4 Å². The Labute approximate surface area is 139 Å². The molecule has 1 aromatic carbocycles. The predicted molar refractivity (Wildman–Crippen MR) is 95.2 cm³/mol. The molecule has 3 aromatic rings. The van der Waals surface area contributed by atoms with Crippen LogP contribution in [0.3, 0.4) is 0 Å². The van der Waals surface area contributed by atoms with Crippen LogP contribution in [0.15, 0.2) is 47.2 Å². The van der Waals surface area contributed by atoms with Gasteiger partial charge in [0.2, 0.25) is 5.95 Å². The minimum Gasteiger partial charge on any atom is -0.368 e. The van der Waals surface area contributed by atoms with Crippen molar-refractivity contribution in [3.05, 3.63) is 47.2 Å². The Balaban J connectivity index is 1.49. The number of rotatable bonds is 3. The predicted octanol–water partition coefficient (Wildman–Crippen LogP) is 2.87. The van der Waals surface area contributed by atoms with Crippen LogP contribution in [-0.4, -0.2) is 40.9 Å². The molecule has 2 aromatic heterocycles. The molecule has 0 bridgehead atoms. The van der Waals surface area contributed by atoms with E-state index in [9.17, 15) is 0 Å². The highest BCUT2D eigenvalue weighted by Crippen LogP contribution is 2.24. The van der Waals surface area contributed by atoms with Crippen molar-refractivity contribution in [3.63, 3.8) is 0 Å². The van der Waals surface area contributed by atoms with Crippen LogP contribution in [0.25, 0.3) is 11.4 Å². The average Bonchev–Trinajstić information content (AvgIpc) is 3.25. The summed E-state index contributed by atoms with van der Waals surface area (Å²) in [5.41, 5.74) is 2.43. The zero-order valence-electron chi connectivity index (χ0n) is 13.1. The molecule has 1 fully saturated rings. The number of para-hydroxylation sites is 1. The molecule has 1 saturated heterocycles. The molecular formula is C17H19N5S. The lowest BCUT2D eigenvalue weighted by Crippen LogP contribution is -2.47. The summed E-state index contributed by atoms with van der Waals surface area (Å²) in [5, 5.41) is 13.0. The van der Waals surface area contributed by atoms with Crippen LogP contribution in [0.1, 0.15) is 0 Å². The van der Waals surface area contributed by atoms with Crippen LogP contribution in [0.5, 0.6) is 0 Å². The molecule has 0 unspecified atom stereocenters. The molecule has 3 heterocycles. The Morgan fingerprint density at radius 1 is 0.913 bits per heavy atom. The molecule has 23 heavy (non-hydrogen) atoms. The summed E-state index contributed by atoms with van der Waals surface area (Å²) in [5.74, 6) is 1.89. The molecule has 0 atom stereocenters. The molecule has 0 N–H and O–H groups in total. The van der Waals surface area contributed by atoms with E-state index in [4.69, 9.17) is 0 Å². The average molecular weight is 325 g/mol. The monoisotopic (exact) mass is 325 g/mol. The smallest absolute Gasteiger partial charge is 0.227 e. The van der Waals surface area contributed by atoms with Crippen molar-refractivity contribution in [1.82, 2.24) is 14.8 Å². The fourth-order valence-electron chi connectivity index (χ4n) is 3.04. The second-order valence-electron chi connectivity index (χ2n) is 5.70. The van der Waals surface area contributed by atoms with Crippen molar-refractivity contribution in [2.45, 2.75) is 0 Å². The molecule has 1 aliphatic heterocycles. The Morgan fingerprint density at radius 3 is 2.35 bits per heavy atom. The van der Waals surface area contributed by atoms with Crippen LogP contribution in [0.2, 0.25) is 0 Å². The van der Waals surface area contributed by atoms with Crippen LogP contribution < -0.4 is 9.80 Å². The summed E-state index contributed by atoms with van der Waals surface area (Å²) in [6.45, 7) is 3.93. The topological polar surface area (TPSA) is 37.2 Å². The largest absolute Gasteiger partial charge is 0.368 e. The molecule has 118 valence electrons. The van der Waals surface area contributed by atoms with Gasteiger partial charge >= 0.3 is 0 Å². The van der Waals surface area contributed by atoms with Gasteiger partial charge in [0, 0.05) is 49.9 Å². The molecular weight excluding hydrogens is 306 g/mol. The number of nitrogens with zero attached hydrogens (tertiary/aromatic N) is 5. The summed E-state index contributed by atoms with van der Waals surface area (Å²) < 4.78 is 2.10. The molecule has 0 saturated carbocycles. The third-order valence-corrected chi connectivity index (χ3v) is 5.00.